The number of hydrogen-bond acceptors (Lipinski definition) is 4. The molecule has 5 nitrogen and oxygen atoms in total. The molecule has 2 aromatic carbocycles. The summed E-state index contributed by atoms with van der Waals surface area (Å²) in [4.78, 5) is 30.8. The molecule has 0 saturated heterocycles. The quantitative estimate of drug-likeness (QED) is 0.440. The van der Waals surface area contributed by atoms with Gasteiger partial charge in [0.2, 0.25) is 5.91 Å². The van der Waals surface area contributed by atoms with Gasteiger partial charge in [-0.15, -0.1) is 11.3 Å². The smallest absolute Gasteiger partial charge is 0.263 e. The third-order valence-corrected chi connectivity index (χ3v) is 6.29. The number of para-hydroxylation sites is 1. The molecule has 0 unspecified atom stereocenters. The normalized spacial score (nSPS) is 12.1. The highest BCUT2D eigenvalue weighted by atomic mass is 32.1. The molecule has 4 aromatic rings. The third-order valence-electron chi connectivity index (χ3n) is 5.41. The van der Waals surface area contributed by atoms with Gasteiger partial charge in [0.25, 0.3) is 5.56 Å². The van der Waals surface area contributed by atoms with E-state index in [4.69, 9.17) is 0 Å². The molecule has 1 atom stereocenters. The van der Waals surface area contributed by atoms with Crippen LogP contribution >= 0.6 is 11.3 Å². The Morgan fingerprint density at radius 3 is 2.68 bits per heavy atom. The average molecular weight is 436 g/mol. The van der Waals surface area contributed by atoms with Gasteiger partial charge in [-0.25, -0.2) is 9.37 Å². The first-order chi connectivity index (χ1) is 15.0. The van der Waals surface area contributed by atoms with Gasteiger partial charge in [0, 0.05) is 16.6 Å². The third kappa shape index (κ3) is 4.27. The summed E-state index contributed by atoms with van der Waals surface area (Å²) in [5.41, 5.74) is 2.95. The van der Waals surface area contributed by atoms with Crippen molar-refractivity contribution in [1.82, 2.24) is 9.55 Å². The number of halogens is 1. The summed E-state index contributed by atoms with van der Waals surface area (Å²) < 4.78 is 14.6. The Morgan fingerprint density at radius 2 is 1.94 bits per heavy atom. The van der Waals surface area contributed by atoms with Crippen LogP contribution in [0.15, 0.2) is 65.0 Å². The molecule has 0 fully saturated rings. The molecule has 4 rings (SSSR count). The molecular weight excluding hydrogens is 413 g/mol. The summed E-state index contributed by atoms with van der Waals surface area (Å²) in [5, 5.41) is 5.20. The van der Waals surface area contributed by atoms with Crippen LogP contribution in [0.2, 0.25) is 0 Å². The number of carbonyl (C=O) groups excluding carboxylic acids is 1. The van der Waals surface area contributed by atoms with Crippen molar-refractivity contribution in [3.8, 4) is 11.1 Å². The van der Waals surface area contributed by atoms with Gasteiger partial charge >= 0.3 is 0 Å². The number of fused-ring (bicyclic) bond motifs is 1. The Bertz CT molecular complexity index is 1290. The van der Waals surface area contributed by atoms with Crippen molar-refractivity contribution in [2.75, 3.05) is 5.32 Å². The molecule has 0 aliphatic rings. The Hall–Kier alpha value is -3.32. The number of nitrogens with zero attached hydrogens (tertiary/aromatic N) is 2. The zero-order valence-corrected chi connectivity index (χ0v) is 18.1. The summed E-state index contributed by atoms with van der Waals surface area (Å²) in [6.07, 6.45) is 2.35. The van der Waals surface area contributed by atoms with Gasteiger partial charge in [-0.2, -0.15) is 0 Å². The number of amides is 1. The molecule has 31 heavy (non-hydrogen) atoms. The molecule has 2 aromatic heterocycles. The Balaban J connectivity index is 1.63. The van der Waals surface area contributed by atoms with E-state index in [1.54, 1.807) is 12.1 Å². The van der Waals surface area contributed by atoms with Crippen LogP contribution in [0.25, 0.3) is 21.3 Å². The number of benzene rings is 2. The molecular formula is C24H22FN3O2S. The zero-order valence-electron chi connectivity index (χ0n) is 17.3. The minimum atomic E-state index is -0.340. The second kappa shape index (κ2) is 8.81. The minimum absolute atomic E-state index is 0.144. The Labute approximate surface area is 183 Å². The molecule has 7 heteroatoms. The maximum absolute atomic E-state index is 13.3. The number of anilines is 1. The summed E-state index contributed by atoms with van der Waals surface area (Å²) in [5.74, 6) is -0.327. The number of nitrogens with one attached hydrogen (secondary N) is 1. The minimum Gasteiger partial charge on any atom is -0.324 e. The van der Waals surface area contributed by atoms with Crippen LogP contribution in [0.1, 0.15) is 31.7 Å². The Kier molecular flexibility index (Phi) is 5.95. The predicted molar refractivity (Wildman–Crippen MR) is 123 cm³/mol. The lowest BCUT2D eigenvalue weighted by atomic mass is 9.97. The standard InChI is InChI=1S/C24H22FN3O2S/c1-3-15(2)18-6-4-5-7-20(18)27-21(29)12-28-14-26-23-22(24(28)30)19(13-31-23)16-8-10-17(25)11-9-16/h4-11,13-15H,3,12H2,1-2H3,(H,27,29)/t15-/m1/s1. The lowest BCUT2D eigenvalue weighted by Crippen LogP contribution is -2.28. The highest BCUT2D eigenvalue weighted by molar-refractivity contribution is 7.17. The van der Waals surface area contributed by atoms with Crippen LogP contribution in [0.3, 0.4) is 0 Å². The molecule has 0 saturated carbocycles. The first-order valence-corrected chi connectivity index (χ1v) is 11.0. The van der Waals surface area contributed by atoms with E-state index in [0.29, 0.717) is 21.7 Å². The van der Waals surface area contributed by atoms with E-state index in [2.05, 4.69) is 24.1 Å². The van der Waals surface area contributed by atoms with Crippen molar-refractivity contribution in [2.24, 2.45) is 0 Å². The molecule has 1 N–H and O–H groups in total. The highest BCUT2D eigenvalue weighted by Crippen LogP contribution is 2.31. The van der Waals surface area contributed by atoms with Crippen molar-refractivity contribution in [1.29, 1.82) is 0 Å². The Morgan fingerprint density at radius 1 is 1.19 bits per heavy atom. The fourth-order valence-corrected chi connectivity index (χ4v) is 4.43. The molecule has 0 bridgehead atoms. The maximum Gasteiger partial charge on any atom is 0.263 e. The van der Waals surface area contributed by atoms with Gasteiger partial charge in [-0.05, 0) is 41.7 Å². The van der Waals surface area contributed by atoms with Gasteiger partial charge < -0.3 is 5.32 Å². The number of rotatable bonds is 6. The van der Waals surface area contributed by atoms with Crippen LogP contribution in [-0.2, 0) is 11.3 Å². The topological polar surface area (TPSA) is 64.0 Å². The number of carbonyl (C=O) groups is 1. The van der Waals surface area contributed by atoms with Gasteiger partial charge in [0.15, 0.2) is 0 Å². The first kappa shape index (κ1) is 20.9. The summed E-state index contributed by atoms with van der Waals surface area (Å²) in [6, 6.07) is 13.7. The van der Waals surface area contributed by atoms with Crippen molar-refractivity contribution in [2.45, 2.75) is 32.7 Å². The van der Waals surface area contributed by atoms with Crippen molar-refractivity contribution in [3.63, 3.8) is 0 Å². The van der Waals surface area contributed by atoms with Gasteiger partial charge in [-0.1, -0.05) is 44.2 Å². The largest absolute Gasteiger partial charge is 0.324 e. The SMILES string of the molecule is CC[C@@H](C)c1ccccc1NC(=O)Cn1cnc2scc(-c3ccc(F)cc3)c2c1=O. The van der Waals surface area contributed by atoms with Gasteiger partial charge in [0.05, 0.1) is 11.7 Å². The highest BCUT2D eigenvalue weighted by Gasteiger charge is 2.16. The monoisotopic (exact) mass is 435 g/mol. The van der Waals surface area contributed by atoms with Gasteiger partial charge in [-0.3, -0.25) is 14.2 Å². The van der Waals surface area contributed by atoms with E-state index in [1.165, 1.54) is 34.4 Å². The van der Waals surface area contributed by atoms with Crippen LogP contribution in [0.4, 0.5) is 10.1 Å². The number of hydrogen-bond donors (Lipinski definition) is 1. The van der Waals surface area contributed by atoms with E-state index < -0.39 is 0 Å². The fourth-order valence-electron chi connectivity index (χ4n) is 3.53. The molecule has 0 aliphatic carbocycles. The van der Waals surface area contributed by atoms with Crippen molar-refractivity contribution < 1.29 is 9.18 Å². The first-order valence-electron chi connectivity index (χ1n) is 10.1. The molecule has 1 amide bonds. The number of aromatic nitrogens is 2. The maximum atomic E-state index is 13.3. The predicted octanol–water partition coefficient (Wildman–Crippen LogP) is 5.42. The van der Waals surface area contributed by atoms with Crippen LogP contribution < -0.4 is 10.9 Å². The van der Waals surface area contributed by atoms with E-state index in [0.717, 1.165) is 23.2 Å². The second-order valence-electron chi connectivity index (χ2n) is 7.46. The molecule has 0 radical (unpaired) electrons. The van der Waals surface area contributed by atoms with E-state index in [1.807, 2.05) is 29.6 Å². The zero-order chi connectivity index (χ0) is 22.0. The van der Waals surface area contributed by atoms with Crippen LogP contribution in [0, 0.1) is 5.82 Å². The average Bonchev–Trinajstić information content (AvgIpc) is 3.21. The van der Waals surface area contributed by atoms with Crippen LogP contribution in [0.5, 0.6) is 0 Å². The summed E-state index contributed by atoms with van der Waals surface area (Å²) >= 11 is 1.35. The molecule has 158 valence electrons. The van der Waals surface area contributed by atoms with Crippen molar-refractivity contribution >= 4 is 33.1 Å². The molecule has 0 spiro atoms. The van der Waals surface area contributed by atoms with E-state index >= 15 is 0 Å². The van der Waals surface area contributed by atoms with Crippen molar-refractivity contribution in [3.05, 3.63) is 82.0 Å². The second-order valence-corrected chi connectivity index (χ2v) is 8.32. The lowest BCUT2D eigenvalue weighted by Gasteiger charge is -2.16. The van der Waals surface area contributed by atoms with E-state index in [-0.39, 0.29) is 23.8 Å². The lowest BCUT2D eigenvalue weighted by molar-refractivity contribution is -0.116. The molecule has 0 aliphatic heterocycles. The number of thiophene rings is 1. The van der Waals surface area contributed by atoms with Gasteiger partial charge in [0.1, 0.15) is 17.2 Å². The van der Waals surface area contributed by atoms with Crippen LogP contribution in [-0.4, -0.2) is 15.5 Å². The summed E-state index contributed by atoms with van der Waals surface area (Å²) in [6.45, 7) is 4.07. The van der Waals surface area contributed by atoms with E-state index in [9.17, 15) is 14.0 Å². The molecule has 2 heterocycles. The fraction of sp³-hybridized carbons (Fsp3) is 0.208. The summed E-state index contributed by atoms with van der Waals surface area (Å²) in [7, 11) is 0.